The fourth-order valence-corrected chi connectivity index (χ4v) is 11.6. The highest BCUT2D eigenvalue weighted by Gasteiger charge is 2.29. The van der Waals surface area contributed by atoms with Crippen LogP contribution >= 0.6 is 47.0 Å². The molecule has 0 aliphatic heterocycles. The number of carbonyl (C=O) groups excluding carboxylic acids is 8. The summed E-state index contributed by atoms with van der Waals surface area (Å²) < 4.78 is 0. The van der Waals surface area contributed by atoms with Crippen molar-refractivity contribution < 1.29 is 38.4 Å². The van der Waals surface area contributed by atoms with Gasteiger partial charge in [0.1, 0.15) is 0 Å². The van der Waals surface area contributed by atoms with E-state index in [1.807, 2.05) is 0 Å². The summed E-state index contributed by atoms with van der Waals surface area (Å²) in [6.07, 6.45) is 8.76. The Balaban J connectivity index is 1.60. The van der Waals surface area contributed by atoms with Gasteiger partial charge in [0.05, 0.1) is 46.4 Å². The van der Waals surface area contributed by atoms with Crippen LogP contribution in [0.2, 0.25) is 0 Å². The van der Waals surface area contributed by atoms with E-state index in [0.717, 1.165) is 0 Å². The Morgan fingerprint density at radius 3 is 0.876 bits per heavy atom. The molecule has 0 bridgehead atoms. The zero-order valence-corrected chi connectivity index (χ0v) is 53.8. The number of carbonyl (C=O) groups is 8. The molecular weight excluding hydrogens is 1220 g/mol. The Morgan fingerprint density at radius 2 is 0.618 bits per heavy atom. The summed E-state index contributed by atoms with van der Waals surface area (Å²) in [6, 6.07) is 16.1. The van der Waals surface area contributed by atoms with Crippen molar-refractivity contribution in [3.05, 3.63) is 117 Å². The fourth-order valence-electron chi connectivity index (χ4n) is 9.33. The van der Waals surface area contributed by atoms with Crippen molar-refractivity contribution in [3.63, 3.8) is 0 Å². The molecule has 0 saturated heterocycles. The van der Waals surface area contributed by atoms with Gasteiger partial charge in [0.25, 0.3) is 17.7 Å². The molecule has 0 saturated carbocycles. The lowest BCUT2D eigenvalue weighted by Gasteiger charge is -2.21. The average molecular weight is 1300 g/mol. The largest absolute Gasteiger partial charge is 0.370 e. The first-order chi connectivity index (χ1) is 42.4. The average Bonchev–Trinajstić information content (AvgIpc) is 2.33. The highest BCUT2D eigenvalue weighted by Crippen LogP contribution is 2.28. The molecule has 0 radical (unpaired) electrons. The van der Waals surface area contributed by atoms with Gasteiger partial charge < -0.3 is 73.3 Å². The van der Waals surface area contributed by atoms with E-state index in [1.54, 1.807) is 97.8 Å². The number of amides is 4. The Bertz CT molecular complexity index is 3290. The maximum absolute atomic E-state index is 14.5. The molecule has 25 nitrogen and oxygen atoms in total. The Kier molecular flexibility index (Phi) is 31.0. The first-order valence-electron chi connectivity index (χ1n) is 28.4. The van der Waals surface area contributed by atoms with Crippen molar-refractivity contribution in [2.24, 2.45) is 77.3 Å². The van der Waals surface area contributed by atoms with Crippen LogP contribution in [-0.2, 0) is 44.9 Å². The number of guanidine groups is 4. The third-order valence-electron chi connectivity index (χ3n) is 13.9. The number of benzene rings is 4. The van der Waals surface area contributed by atoms with E-state index in [1.165, 1.54) is 47.0 Å². The first-order valence-corrected chi connectivity index (χ1v) is 33.3. The highest BCUT2D eigenvalue weighted by atomic mass is 32.2. The van der Waals surface area contributed by atoms with E-state index in [-0.39, 0.29) is 134 Å². The number of Topliss-reactive ketones (excluding diaryl/α,β-unsaturated/α-hetero) is 4. The molecule has 0 heterocycles. The van der Waals surface area contributed by atoms with Gasteiger partial charge in [-0.2, -0.15) is 0 Å². The lowest BCUT2D eigenvalue weighted by molar-refractivity contribution is -0.121. The number of primary amides is 1. The summed E-state index contributed by atoms with van der Waals surface area (Å²) >= 11 is 5.21. The molecule has 0 unspecified atom stereocenters. The fraction of sp³-hybridized carbons (Fsp3) is 0.400. The zero-order chi connectivity index (χ0) is 65.7. The maximum Gasteiger partial charge on any atom is 0.253 e. The molecule has 4 atom stereocenters. The van der Waals surface area contributed by atoms with Crippen LogP contribution in [0.25, 0.3) is 0 Å². The van der Waals surface area contributed by atoms with Gasteiger partial charge in [-0.25, -0.2) is 0 Å². The van der Waals surface area contributed by atoms with E-state index in [9.17, 15) is 38.4 Å². The number of rotatable bonds is 39. The van der Waals surface area contributed by atoms with Crippen molar-refractivity contribution >= 4 is 118 Å². The number of thioether (sulfide) groups is 4. The van der Waals surface area contributed by atoms with E-state index < -0.39 is 53.6 Å². The van der Waals surface area contributed by atoms with Crippen LogP contribution in [0.3, 0.4) is 0 Å². The highest BCUT2D eigenvalue weighted by molar-refractivity contribution is 7.99. The second-order valence-corrected chi connectivity index (χ2v) is 23.9. The molecule has 4 amide bonds. The number of nitrogens with one attached hydrogen (secondary N) is 3. The third-order valence-corrected chi connectivity index (χ3v) is 17.1. The topological polar surface area (TPSA) is 482 Å². The molecule has 0 aromatic heterocycles. The molecule has 0 aliphatic carbocycles. The third kappa shape index (κ3) is 24.8. The summed E-state index contributed by atoms with van der Waals surface area (Å²) in [4.78, 5) is 130. The van der Waals surface area contributed by atoms with Gasteiger partial charge in [-0.15, -0.1) is 47.0 Å². The predicted molar refractivity (Wildman–Crippen MR) is 358 cm³/mol. The van der Waals surface area contributed by atoms with E-state index in [2.05, 4.69) is 35.9 Å². The van der Waals surface area contributed by atoms with Crippen LogP contribution in [0.15, 0.2) is 112 Å². The molecule has 0 fully saturated rings. The molecule has 480 valence electrons. The van der Waals surface area contributed by atoms with Gasteiger partial charge >= 0.3 is 0 Å². The van der Waals surface area contributed by atoms with Gasteiger partial charge in [0.2, 0.25) is 5.91 Å². The molecule has 0 aliphatic rings. The lowest BCUT2D eigenvalue weighted by atomic mass is 9.96. The van der Waals surface area contributed by atoms with Crippen LogP contribution in [0.4, 0.5) is 0 Å². The lowest BCUT2D eigenvalue weighted by Crippen LogP contribution is -2.42. The van der Waals surface area contributed by atoms with Crippen molar-refractivity contribution in [2.75, 3.05) is 51.2 Å². The monoisotopic (exact) mass is 1300 g/mol. The van der Waals surface area contributed by atoms with Crippen LogP contribution in [0.1, 0.15) is 115 Å². The summed E-state index contributed by atoms with van der Waals surface area (Å²) in [5, 5.41) is 8.72. The Labute approximate surface area is 535 Å². The standard InChI is InChI=1S/C60H83N17O8S4/c1-86-49-17-13-33(25-37(49)53(62)82)30-46(79)42(10-6-22-72-58(65)66)75-55(84)39-27-35(15-19-51(39)88-3)32-48(81)44(12-8-24-74-60(69)70)77-56(85)40-28-36(16-20-52(40)89-4)31-47(80)43(11-7-23-73-59(67)68)76-54(83)38-26-34(14-18-50(38)87-2)29-45(78)41(61)9-5-21-71-57(63)64/h13-20,25-28,41-44H,5-12,21-24,29-32,61H2,1-4H3,(H2,62,82)(H,75,84)(H,76,83)(H,77,85)(H4,63,64,71)(H4,65,66,72)(H4,67,68,73)(H4,69,70,74)/t41-,42-,43-,44-/m0/s1. The minimum absolute atomic E-state index is 0.0424. The second-order valence-electron chi connectivity index (χ2n) is 20.6. The molecule has 4 rings (SSSR count). The molecule has 29 heteroatoms. The molecule has 23 N–H and O–H groups in total. The minimum atomic E-state index is -1.09. The molecular formula is C60H83N17O8S4. The van der Waals surface area contributed by atoms with Gasteiger partial charge in [-0.05, 0) is 147 Å². The molecule has 89 heavy (non-hydrogen) atoms. The number of hydrogen-bond acceptors (Lipinski definition) is 17. The minimum Gasteiger partial charge on any atom is -0.370 e. The van der Waals surface area contributed by atoms with Crippen LogP contribution in [0.5, 0.6) is 0 Å². The van der Waals surface area contributed by atoms with Gasteiger partial charge in [0, 0.05) is 71.4 Å². The van der Waals surface area contributed by atoms with Crippen LogP contribution in [-0.4, -0.2) is 146 Å². The Morgan fingerprint density at radius 1 is 0.371 bits per heavy atom. The van der Waals surface area contributed by atoms with Crippen LogP contribution in [0, 0.1) is 0 Å². The number of nitrogens with two attached hydrogens (primary N) is 10. The van der Waals surface area contributed by atoms with Crippen molar-refractivity contribution in [3.8, 4) is 0 Å². The summed E-state index contributed by atoms with van der Waals surface area (Å²) in [5.74, 6) is -4.24. The summed E-state index contributed by atoms with van der Waals surface area (Å²) in [6.45, 7) is 0.829. The number of aliphatic imine (C=N–C) groups is 4. The quantitative estimate of drug-likeness (QED) is 0.0132. The van der Waals surface area contributed by atoms with Gasteiger partial charge in [-0.3, -0.25) is 58.3 Å². The van der Waals surface area contributed by atoms with Gasteiger partial charge in [0.15, 0.2) is 47.0 Å². The van der Waals surface area contributed by atoms with Crippen molar-refractivity contribution in [1.82, 2.24) is 16.0 Å². The first kappa shape index (κ1) is 73.4. The number of ketones is 4. The summed E-state index contributed by atoms with van der Waals surface area (Å²) in [7, 11) is 0. The van der Waals surface area contributed by atoms with Crippen molar-refractivity contribution in [2.45, 2.75) is 121 Å². The maximum atomic E-state index is 14.5. The molecule has 4 aromatic rings. The number of nitrogens with zero attached hydrogens (tertiary/aromatic N) is 4. The van der Waals surface area contributed by atoms with E-state index in [0.29, 0.717) is 74.1 Å². The van der Waals surface area contributed by atoms with E-state index >= 15 is 0 Å². The molecule has 4 aromatic carbocycles. The SMILES string of the molecule is CSc1ccc(CC(=O)[C@H](CCCN=C(N)N)NC(=O)c2cc(CC(=O)[C@H](CCCN=C(N)N)NC(=O)c3cc(CC(=O)[C@H](CCCN=C(N)N)NC(=O)c4cc(CC(=O)[C@@H](N)CCCN=C(N)N)ccc4SC)ccc3SC)ccc2SC)cc1C(N)=O. The Hall–Kier alpha value is -8.12. The normalized spacial score (nSPS) is 12.2. The van der Waals surface area contributed by atoms with Crippen molar-refractivity contribution in [1.29, 1.82) is 0 Å². The molecule has 0 spiro atoms. The van der Waals surface area contributed by atoms with Gasteiger partial charge in [-0.1, -0.05) is 24.3 Å². The predicted octanol–water partition coefficient (Wildman–Crippen LogP) is 2.06. The second kappa shape index (κ2) is 37.7. The van der Waals surface area contributed by atoms with Crippen LogP contribution < -0.4 is 73.3 Å². The van der Waals surface area contributed by atoms with E-state index in [4.69, 9.17) is 57.3 Å². The zero-order valence-electron chi connectivity index (χ0n) is 50.5. The number of hydrogen-bond donors (Lipinski definition) is 13. The smallest absolute Gasteiger partial charge is 0.253 e. The summed E-state index contributed by atoms with van der Waals surface area (Å²) in [5.41, 5.74) is 59.0.